The van der Waals surface area contributed by atoms with Gasteiger partial charge in [-0.25, -0.2) is 18.6 Å². The van der Waals surface area contributed by atoms with E-state index in [-0.39, 0.29) is 18.1 Å². The van der Waals surface area contributed by atoms with E-state index in [1.807, 2.05) is 0 Å². The highest BCUT2D eigenvalue weighted by Gasteiger charge is 2.35. The fourth-order valence-corrected chi connectivity index (χ4v) is 2.47. The summed E-state index contributed by atoms with van der Waals surface area (Å²) >= 11 is 0. The molecule has 0 aliphatic carbocycles. The monoisotopic (exact) mass is 358 g/mol. The molecule has 0 spiro atoms. The predicted molar refractivity (Wildman–Crippen MR) is 76.0 cm³/mol. The molecule has 4 nitrogen and oxygen atoms in total. The molecule has 25 heavy (non-hydrogen) atoms. The molecular formula is C16H11F5N2O2. The number of amides is 1. The van der Waals surface area contributed by atoms with E-state index in [1.165, 1.54) is 24.3 Å². The smallest absolute Gasteiger partial charge is 0.236 e. The third kappa shape index (κ3) is 2.91. The Morgan fingerprint density at radius 2 is 1.44 bits per heavy atom. The van der Waals surface area contributed by atoms with Gasteiger partial charge in [-0.15, -0.1) is 0 Å². The van der Waals surface area contributed by atoms with Gasteiger partial charge >= 0.3 is 0 Å². The minimum absolute atomic E-state index is 0.132. The van der Waals surface area contributed by atoms with E-state index >= 15 is 0 Å². The summed E-state index contributed by atoms with van der Waals surface area (Å²) < 4.78 is 71.4. The summed E-state index contributed by atoms with van der Waals surface area (Å²) in [5.74, 6) is -12.3. The first-order valence-corrected chi connectivity index (χ1v) is 7.09. The van der Waals surface area contributed by atoms with E-state index in [2.05, 4.69) is 10.9 Å². The predicted octanol–water partition coefficient (Wildman–Crippen LogP) is 3.41. The molecule has 1 heterocycles. The molecule has 1 fully saturated rings. The first-order valence-electron chi connectivity index (χ1n) is 7.09. The number of hydrogen-bond acceptors (Lipinski definition) is 3. The van der Waals surface area contributed by atoms with Crippen LogP contribution in [0.3, 0.4) is 0 Å². The first kappa shape index (κ1) is 17.2. The van der Waals surface area contributed by atoms with Gasteiger partial charge in [-0.2, -0.15) is 8.78 Å². The number of hydrazine groups is 1. The van der Waals surface area contributed by atoms with Crippen molar-refractivity contribution in [3.05, 3.63) is 58.9 Å². The molecule has 0 aromatic heterocycles. The fourth-order valence-electron chi connectivity index (χ4n) is 2.47. The largest absolute Gasteiger partial charge is 0.451 e. The summed E-state index contributed by atoms with van der Waals surface area (Å²) in [5.41, 5.74) is 5.23. The van der Waals surface area contributed by atoms with Crippen molar-refractivity contribution < 1.29 is 31.5 Å². The Bertz CT molecular complexity index is 828. The summed E-state index contributed by atoms with van der Waals surface area (Å²) in [7, 11) is 0. The molecule has 9 heteroatoms. The molecule has 2 N–H and O–H groups in total. The lowest BCUT2D eigenvalue weighted by molar-refractivity contribution is -0.119. The number of halogens is 5. The third-order valence-corrected chi connectivity index (χ3v) is 3.87. The van der Waals surface area contributed by atoms with Crippen molar-refractivity contribution in [3.63, 3.8) is 0 Å². The van der Waals surface area contributed by atoms with Gasteiger partial charge in [0.2, 0.25) is 40.7 Å². The highest BCUT2D eigenvalue weighted by molar-refractivity contribution is 5.79. The van der Waals surface area contributed by atoms with Gasteiger partial charge in [0.15, 0.2) is 0 Å². The van der Waals surface area contributed by atoms with Crippen LogP contribution in [-0.4, -0.2) is 5.91 Å². The molecule has 1 atom stereocenters. The van der Waals surface area contributed by atoms with Gasteiger partial charge in [-0.1, -0.05) is 12.1 Å². The van der Waals surface area contributed by atoms with Crippen LogP contribution in [0, 0.1) is 29.1 Å². The van der Waals surface area contributed by atoms with Crippen LogP contribution in [0.15, 0.2) is 24.3 Å². The maximum Gasteiger partial charge on any atom is 0.236 e. The number of nitrogens with one attached hydrogen (secondary N) is 2. The molecule has 132 valence electrons. The van der Waals surface area contributed by atoms with E-state index < -0.39 is 40.4 Å². The number of rotatable bonds is 3. The molecule has 0 saturated carbocycles. The number of hydrogen-bond donors (Lipinski definition) is 2. The van der Waals surface area contributed by atoms with Crippen LogP contribution in [0.1, 0.15) is 18.9 Å². The Morgan fingerprint density at radius 3 is 1.92 bits per heavy atom. The van der Waals surface area contributed by atoms with Gasteiger partial charge in [-0.3, -0.25) is 10.2 Å². The Labute approximate surface area is 138 Å². The quantitative estimate of drug-likeness (QED) is 0.502. The zero-order chi connectivity index (χ0) is 18.4. The van der Waals surface area contributed by atoms with Crippen molar-refractivity contribution in [2.24, 2.45) is 0 Å². The SMILES string of the molecule is CC1(c2ccc(Oc3c(F)c(F)c(F)c(F)c3F)cc2)CC(=O)NN1. The molecule has 2 aromatic rings. The van der Waals surface area contributed by atoms with Crippen LogP contribution in [0.4, 0.5) is 22.0 Å². The van der Waals surface area contributed by atoms with Crippen molar-refractivity contribution in [1.82, 2.24) is 10.9 Å². The maximum absolute atomic E-state index is 13.6. The molecular weight excluding hydrogens is 347 g/mol. The molecule has 1 aliphatic rings. The second-order valence-corrected chi connectivity index (χ2v) is 5.71. The lowest BCUT2D eigenvalue weighted by Crippen LogP contribution is -2.38. The molecule has 1 aliphatic heterocycles. The lowest BCUT2D eigenvalue weighted by Gasteiger charge is -2.22. The maximum atomic E-state index is 13.6. The summed E-state index contributed by atoms with van der Waals surface area (Å²) in [4.78, 5) is 11.3. The van der Waals surface area contributed by atoms with E-state index in [0.29, 0.717) is 5.56 Å². The minimum Gasteiger partial charge on any atom is -0.451 e. The molecule has 2 aromatic carbocycles. The standard InChI is InChI=1S/C16H11F5N2O2/c1-16(6-9(24)22-23-16)7-2-4-8(5-3-7)25-15-13(20)11(18)10(17)12(19)14(15)21/h2-5,23H,6H2,1H3,(H,22,24). The van der Waals surface area contributed by atoms with Crippen molar-refractivity contribution in [1.29, 1.82) is 0 Å². The van der Waals surface area contributed by atoms with E-state index in [9.17, 15) is 26.7 Å². The van der Waals surface area contributed by atoms with Gasteiger partial charge in [0.05, 0.1) is 12.0 Å². The van der Waals surface area contributed by atoms with E-state index in [0.717, 1.165) is 0 Å². The van der Waals surface area contributed by atoms with Crippen molar-refractivity contribution in [2.45, 2.75) is 18.9 Å². The molecule has 3 rings (SSSR count). The van der Waals surface area contributed by atoms with Crippen LogP contribution in [0.5, 0.6) is 11.5 Å². The topological polar surface area (TPSA) is 50.4 Å². The first-order chi connectivity index (χ1) is 11.7. The molecule has 1 unspecified atom stereocenters. The zero-order valence-electron chi connectivity index (χ0n) is 12.7. The van der Waals surface area contributed by atoms with Gasteiger partial charge in [0.1, 0.15) is 5.75 Å². The molecule has 0 radical (unpaired) electrons. The number of carbonyl (C=O) groups excluding carboxylic acids is 1. The summed E-state index contributed by atoms with van der Waals surface area (Å²) in [5, 5.41) is 0. The van der Waals surface area contributed by atoms with Crippen LogP contribution >= 0.6 is 0 Å². The van der Waals surface area contributed by atoms with Crippen LogP contribution in [0.25, 0.3) is 0 Å². The Kier molecular flexibility index (Phi) is 4.11. The van der Waals surface area contributed by atoms with Crippen molar-refractivity contribution >= 4 is 5.91 Å². The average Bonchev–Trinajstić information content (AvgIpc) is 2.96. The second kappa shape index (κ2) is 5.99. The Morgan fingerprint density at radius 1 is 0.920 bits per heavy atom. The summed E-state index contributed by atoms with van der Waals surface area (Å²) in [6, 6.07) is 5.61. The highest BCUT2D eigenvalue weighted by Crippen LogP contribution is 2.34. The fraction of sp³-hybridized carbons (Fsp3) is 0.188. The third-order valence-electron chi connectivity index (χ3n) is 3.87. The zero-order valence-corrected chi connectivity index (χ0v) is 12.7. The van der Waals surface area contributed by atoms with Crippen molar-refractivity contribution in [2.75, 3.05) is 0 Å². The van der Waals surface area contributed by atoms with E-state index in [4.69, 9.17) is 4.74 Å². The Balaban J connectivity index is 1.89. The van der Waals surface area contributed by atoms with Gasteiger partial charge in [0, 0.05) is 0 Å². The summed E-state index contributed by atoms with van der Waals surface area (Å²) in [6.07, 6.45) is 0.171. The lowest BCUT2D eigenvalue weighted by atomic mass is 9.90. The highest BCUT2D eigenvalue weighted by atomic mass is 19.2. The second-order valence-electron chi connectivity index (χ2n) is 5.71. The molecule has 0 bridgehead atoms. The van der Waals surface area contributed by atoms with Gasteiger partial charge in [0.25, 0.3) is 0 Å². The van der Waals surface area contributed by atoms with Gasteiger partial charge in [-0.05, 0) is 24.6 Å². The summed E-state index contributed by atoms with van der Waals surface area (Å²) in [6.45, 7) is 1.75. The van der Waals surface area contributed by atoms with E-state index in [1.54, 1.807) is 6.92 Å². The number of carbonyl (C=O) groups is 1. The molecule has 1 amide bonds. The van der Waals surface area contributed by atoms with Crippen LogP contribution < -0.4 is 15.6 Å². The Hall–Kier alpha value is -2.68. The normalized spacial score (nSPS) is 19.8. The number of ether oxygens (including phenoxy) is 1. The number of benzene rings is 2. The van der Waals surface area contributed by atoms with Crippen LogP contribution in [-0.2, 0) is 10.3 Å². The average molecular weight is 358 g/mol. The van der Waals surface area contributed by atoms with Crippen LogP contribution in [0.2, 0.25) is 0 Å². The molecule has 1 saturated heterocycles. The van der Waals surface area contributed by atoms with Gasteiger partial charge < -0.3 is 4.74 Å². The minimum atomic E-state index is -2.25. The van der Waals surface area contributed by atoms with Crippen molar-refractivity contribution in [3.8, 4) is 11.5 Å².